The van der Waals surface area contributed by atoms with Crippen molar-refractivity contribution in [3.05, 3.63) is 36.0 Å². The van der Waals surface area contributed by atoms with Crippen molar-refractivity contribution in [1.82, 2.24) is 4.98 Å². The van der Waals surface area contributed by atoms with E-state index in [2.05, 4.69) is 29.8 Å². The lowest BCUT2D eigenvalue weighted by atomic mass is 10.1. The van der Waals surface area contributed by atoms with Gasteiger partial charge in [0.1, 0.15) is 4.99 Å². The van der Waals surface area contributed by atoms with Gasteiger partial charge in [0.15, 0.2) is 0 Å². The van der Waals surface area contributed by atoms with Crippen LogP contribution in [0.4, 0.5) is 5.69 Å². The van der Waals surface area contributed by atoms with Crippen molar-refractivity contribution in [2.45, 2.75) is 26.7 Å². The van der Waals surface area contributed by atoms with Gasteiger partial charge in [-0.1, -0.05) is 44.3 Å². The Labute approximate surface area is 125 Å². The van der Waals surface area contributed by atoms with Crippen molar-refractivity contribution in [3.63, 3.8) is 0 Å². The first-order valence-corrected chi connectivity index (χ1v) is 7.52. The largest absolute Gasteiger partial charge is 0.389 e. The summed E-state index contributed by atoms with van der Waals surface area (Å²) < 4.78 is 0. The Bertz CT molecular complexity index is 604. The Morgan fingerprint density at radius 2 is 1.85 bits per heavy atom. The predicted molar refractivity (Wildman–Crippen MR) is 90.4 cm³/mol. The third kappa shape index (κ3) is 2.90. The first-order chi connectivity index (χ1) is 9.69. The molecule has 2 N–H and O–H groups in total. The smallest absolute Gasteiger partial charge is 0.107 e. The molecule has 1 heterocycles. The molecule has 4 heteroatoms. The third-order valence-corrected chi connectivity index (χ3v) is 3.54. The summed E-state index contributed by atoms with van der Waals surface area (Å²) >= 11 is 5.21. The molecule has 0 aliphatic heterocycles. The van der Waals surface area contributed by atoms with E-state index in [4.69, 9.17) is 18.0 Å². The molecule has 0 saturated heterocycles. The van der Waals surface area contributed by atoms with Gasteiger partial charge >= 0.3 is 0 Å². The van der Waals surface area contributed by atoms with Crippen molar-refractivity contribution in [3.8, 4) is 0 Å². The van der Waals surface area contributed by atoms with Crippen LogP contribution >= 0.6 is 12.2 Å². The van der Waals surface area contributed by atoms with Crippen molar-refractivity contribution in [2.24, 2.45) is 5.73 Å². The van der Waals surface area contributed by atoms with E-state index in [1.165, 1.54) is 0 Å². The van der Waals surface area contributed by atoms with Crippen LogP contribution in [0.15, 0.2) is 30.5 Å². The van der Waals surface area contributed by atoms with E-state index in [1.807, 2.05) is 18.2 Å². The average molecular weight is 287 g/mol. The van der Waals surface area contributed by atoms with Crippen LogP contribution in [0, 0.1) is 0 Å². The molecular formula is C16H21N3S. The molecule has 0 aliphatic carbocycles. The molecule has 0 amide bonds. The molecular weight excluding hydrogens is 266 g/mol. The first-order valence-electron chi connectivity index (χ1n) is 7.11. The van der Waals surface area contributed by atoms with Crippen LogP contribution in [-0.2, 0) is 0 Å². The van der Waals surface area contributed by atoms with Gasteiger partial charge in [-0.3, -0.25) is 4.98 Å². The van der Waals surface area contributed by atoms with E-state index >= 15 is 0 Å². The number of pyridine rings is 1. The molecule has 106 valence electrons. The fourth-order valence-electron chi connectivity index (χ4n) is 2.52. The first kappa shape index (κ1) is 14.7. The molecule has 3 nitrogen and oxygen atoms in total. The number of anilines is 1. The third-order valence-electron chi connectivity index (χ3n) is 3.32. The van der Waals surface area contributed by atoms with E-state index in [0.29, 0.717) is 4.99 Å². The number of thiocarbonyl (C=S) groups is 1. The highest BCUT2D eigenvalue weighted by molar-refractivity contribution is 7.80. The number of hydrogen-bond acceptors (Lipinski definition) is 3. The summed E-state index contributed by atoms with van der Waals surface area (Å²) in [5.41, 5.74) is 8.89. The Kier molecular flexibility index (Phi) is 4.90. The van der Waals surface area contributed by atoms with Gasteiger partial charge in [-0.25, -0.2) is 0 Å². The molecule has 1 aromatic heterocycles. The van der Waals surface area contributed by atoms with Crippen LogP contribution in [0.2, 0.25) is 0 Å². The van der Waals surface area contributed by atoms with Crippen LogP contribution in [0.3, 0.4) is 0 Å². The van der Waals surface area contributed by atoms with Gasteiger partial charge in [0.2, 0.25) is 0 Å². The Hall–Kier alpha value is -1.68. The highest BCUT2D eigenvalue weighted by atomic mass is 32.1. The molecule has 0 saturated carbocycles. The number of para-hydroxylation sites is 1. The van der Waals surface area contributed by atoms with Crippen LogP contribution in [-0.4, -0.2) is 23.1 Å². The molecule has 0 bridgehead atoms. The minimum absolute atomic E-state index is 0.412. The van der Waals surface area contributed by atoms with Gasteiger partial charge in [0.25, 0.3) is 0 Å². The van der Waals surface area contributed by atoms with Gasteiger partial charge in [0, 0.05) is 24.7 Å². The van der Waals surface area contributed by atoms with E-state index in [0.717, 1.165) is 48.1 Å². The lowest BCUT2D eigenvalue weighted by Gasteiger charge is -2.27. The number of benzene rings is 1. The van der Waals surface area contributed by atoms with Crippen LogP contribution in [0.1, 0.15) is 32.3 Å². The predicted octanol–water partition coefficient (Wildman–Crippen LogP) is 3.50. The van der Waals surface area contributed by atoms with Gasteiger partial charge in [0.05, 0.1) is 16.8 Å². The number of fused-ring (bicyclic) bond motifs is 1. The van der Waals surface area contributed by atoms with Crippen molar-refractivity contribution in [2.75, 3.05) is 18.0 Å². The number of nitrogens with zero attached hydrogens (tertiary/aromatic N) is 2. The van der Waals surface area contributed by atoms with Gasteiger partial charge < -0.3 is 10.6 Å². The summed E-state index contributed by atoms with van der Waals surface area (Å²) in [5.74, 6) is 0. The summed E-state index contributed by atoms with van der Waals surface area (Å²) in [7, 11) is 0. The standard InChI is InChI=1S/C16H21N3S/c1-3-9-19(10-4-2)15-12-7-5-6-8-14(12)18-11-13(15)16(17)20/h5-8,11H,3-4,9-10H2,1-2H3,(H2,17,20). The maximum Gasteiger partial charge on any atom is 0.107 e. The maximum absolute atomic E-state index is 5.90. The monoisotopic (exact) mass is 287 g/mol. The van der Waals surface area contributed by atoms with Gasteiger partial charge in [-0.15, -0.1) is 0 Å². The second kappa shape index (κ2) is 6.66. The Balaban J connectivity index is 2.67. The number of hydrogen-bond donors (Lipinski definition) is 1. The topological polar surface area (TPSA) is 42.1 Å². The van der Waals surface area contributed by atoms with Gasteiger partial charge in [-0.2, -0.15) is 0 Å². The second-order valence-electron chi connectivity index (χ2n) is 4.89. The minimum Gasteiger partial charge on any atom is -0.389 e. The zero-order chi connectivity index (χ0) is 14.5. The number of nitrogens with two attached hydrogens (primary N) is 1. The summed E-state index contributed by atoms with van der Waals surface area (Å²) in [6.07, 6.45) is 3.99. The fourth-order valence-corrected chi connectivity index (χ4v) is 2.67. The summed E-state index contributed by atoms with van der Waals surface area (Å²) in [6.45, 7) is 6.37. The molecule has 0 spiro atoms. The molecule has 0 aliphatic rings. The molecule has 2 aromatic rings. The zero-order valence-electron chi connectivity index (χ0n) is 12.1. The summed E-state index contributed by atoms with van der Waals surface area (Å²) in [5, 5.41) is 1.12. The molecule has 1 aromatic carbocycles. The normalized spacial score (nSPS) is 10.7. The van der Waals surface area contributed by atoms with E-state index in [-0.39, 0.29) is 0 Å². The maximum atomic E-state index is 5.90. The molecule has 20 heavy (non-hydrogen) atoms. The number of aromatic nitrogens is 1. The lowest BCUT2D eigenvalue weighted by Crippen LogP contribution is -2.28. The van der Waals surface area contributed by atoms with Crippen molar-refractivity contribution >= 4 is 33.8 Å². The Morgan fingerprint density at radius 1 is 1.20 bits per heavy atom. The molecule has 0 radical (unpaired) electrons. The van der Waals surface area contributed by atoms with Gasteiger partial charge in [-0.05, 0) is 18.9 Å². The molecule has 0 unspecified atom stereocenters. The quantitative estimate of drug-likeness (QED) is 0.826. The Morgan fingerprint density at radius 3 is 2.45 bits per heavy atom. The summed E-state index contributed by atoms with van der Waals surface area (Å²) in [4.78, 5) is 7.26. The van der Waals surface area contributed by atoms with E-state index < -0.39 is 0 Å². The highest BCUT2D eigenvalue weighted by Crippen LogP contribution is 2.30. The lowest BCUT2D eigenvalue weighted by molar-refractivity contribution is 0.746. The van der Waals surface area contributed by atoms with E-state index in [1.54, 1.807) is 6.20 Å². The molecule has 2 rings (SSSR count). The zero-order valence-corrected chi connectivity index (χ0v) is 12.9. The minimum atomic E-state index is 0.412. The van der Waals surface area contributed by atoms with Crippen LogP contribution in [0.5, 0.6) is 0 Å². The van der Waals surface area contributed by atoms with Crippen molar-refractivity contribution in [1.29, 1.82) is 0 Å². The molecule has 0 fully saturated rings. The average Bonchev–Trinajstić information content (AvgIpc) is 2.45. The highest BCUT2D eigenvalue weighted by Gasteiger charge is 2.16. The van der Waals surface area contributed by atoms with E-state index in [9.17, 15) is 0 Å². The van der Waals surface area contributed by atoms with Crippen LogP contribution in [0.25, 0.3) is 10.9 Å². The second-order valence-corrected chi connectivity index (χ2v) is 5.33. The summed E-state index contributed by atoms with van der Waals surface area (Å²) in [6, 6.07) is 8.16. The van der Waals surface area contributed by atoms with Crippen LogP contribution < -0.4 is 10.6 Å². The van der Waals surface area contributed by atoms with Crippen molar-refractivity contribution < 1.29 is 0 Å². The fraction of sp³-hybridized carbons (Fsp3) is 0.375. The molecule has 0 atom stereocenters. The number of rotatable bonds is 6. The SMILES string of the molecule is CCCN(CCC)c1c(C(N)=S)cnc2ccccc12.